The predicted octanol–water partition coefficient (Wildman–Crippen LogP) is 1.21. The van der Waals surface area contributed by atoms with Gasteiger partial charge in [0.1, 0.15) is 11.9 Å². The molecule has 0 unspecified atom stereocenters. The molecule has 0 amide bonds. The van der Waals surface area contributed by atoms with Gasteiger partial charge in [0.15, 0.2) is 6.61 Å². The van der Waals surface area contributed by atoms with Crippen LogP contribution in [-0.2, 0) is 14.3 Å². The molecule has 1 aromatic rings. The zero-order chi connectivity index (χ0) is 12.2. The highest BCUT2D eigenvalue weighted by Crippen LogP contribution is 2.06. The first-order chi connectivity index (χ1) is 7.38. The number of aromatic nitrogens is 2. The van der Waals surface area contributed by atoms with Crippen molar-refractivity contribution in [2.24, 2.45) is 0 Å². The molecule has 88 valence electrons. The molecule has 0 aliphatic rings. The van der Waals surface area contributed by atoms with Gasteiger partial charge in [-0.25, -0.2) is 19.1 Å². The summed E-state index contributed by atoms with van der Waals surface area (Å²) in [7, 11) is 0. The van der Waals surface area contributed by atoms with Gasteiger partial charge in [-0.3, -0.25) is 0 Å². The van der Waals surface area contributed by atoms with Crippen LogP contribution in [0.2, 0.25) is 0 Å². The second-order valence-electron chi connectivity index (χ2n) is 4.11. The fourth-order valence-electron chi connectivity index (χ4n) is 0.933. The summed E-state index contributed by atoms with van der Waals surface area (Å²) in [5.41, 5.74) is -0.585. The van der Waals surface area contributed by atoms with E-state index in [1.165, 1.54) is 18.7 Å². The highest BCUT2D eigenvalue weighted by atomic mass is 16.6. The molecule has 1 aromatic heterocycles. The molecule has 0 saturated heterocycles. The summed E-state index contributed by atoms with van der Waals surface area (Å²) in [4.78, 5) is 26.2. The number of hydrogen-bond acceptors (Lipinski definition) is 5. The Balaban J connectivity index is 2.35. The van der Waals surface area contributed by atoms with Gasteiger partial charge in [-0.05, 0) is 20.8 Å². The first-order valence-corrected chi connectivity index (χ1v) is 4.75. The minimum absolute atomic E-state index is 0.408. The Hall–Kier alpha value is -1.85. The van der Waals surface area contributed by atoms with E-state index in [0.717, 1.165) is 4.57 Å². The standard InChI is InChI=1S/C10H14N2O4/c1-10(2,3)16-8(13)6-15-9(14)12-5-4-11-7-12/h4-5,7H,6H2,1-3H3. The molecule has 0 bridgehead atoms. The van der Waals surface area contributed by atoms with E-state index in [4.69, 9.17) is 9.47 Å². The van der Waals surface area contributed by atoms with Gasteiger partial charge < -0.3 is 9.47 Å². The topological polar surface area (TPSA) is 70.4 Å². The number of carbonyl (C=O) groups is 2. The van der Waals surface area contributed by atoms with E-state index in [-0.39, 0.29) is 0 Å². The molecule has 0 N–H and O–H groups in total. The molecule has 0 aliphatic carbocycles. The van der Waals surface area contributed by atoms with Gasteiger partial charge >= 0.3 is 12.1 Å². The van der Waals surface area contributed by atoms with E-state index < -0.39 is 24.3 Å². The van der Waals surface area contributed by atoms with Gasteiger partial charge in [-0.15, -0.1) is 0 Å². The van der Waals surface area contributed by atoms with Crippen LogP contribution in [0, 0.1) is 0 Å². The van der Waals surface area contributed by atoms with Gasteiger partial charge in [-0.1, -0.05) is 0 Å². The Morgan fingerprint density at radius 1 is 1.38 bits per heavy atom. The first-order valence-electron chi connectivity index (χ1n) is 4.75. The van der Waals surface area contributed by atoms with Gasteiger partial charge in [0.25, 0.3) is 0 Å². The van der Waals surface area contributed by atoms with E-state index >= 15 is 0 Å². The van der Waals surface area contributed by atoms with Crippen molar-refractivity contribution in [3.63, 3.8) is 0 Å². The van der Waals surface area contributed by atoms with E-state index in [1.54, 1.807) is 20.8 Å². The molecule has 0 fully saturated rings. The van der Waals surface area contributed by atoms with Crippen molar-refractivity contribution in [3.8, 4) is 0 Å². The number of ether oxygens (including phenoxy) is 2. The van der Waals surface area contributed by atoms with Crippen LogP contribution in [0.1, 0.15) is 20.8 Å². The Bertz CT molecular complexity index is 365. The lowest BCUT2D eigenvalue weighted by atomic mass is 10.2. The molecule has 0 atom stereocenters. The zero-order valence-corrected chi connectivity index (χ0v) is 9.47. The molecule has 1 rings (SSSR count). The third-order valence-electron chi connectivity index (χ3n) is 1.45. The number of nitrogens with zero attached hydrogens (tertiary/aromatic N) is 2. The minimum atomic E-state index is -0.664. The van der Waals surface area contributed by atoms with E-state index in [1.807, 2.05) is 0 Å². The molecule has 0 spiro atoms. The van der Waals surface area contributed by atoms with Crippen LogP contribution < -0.4 is 0 Å². The van der Waals surface area contributed by atoms with Crippen molar-refractivity contribution in [2.75, 3.05) is 6.61 Å². The predicted molar refractivity (Wildman–Crippen MR) is 54.8 cm³/mol. The van der Waals surface area contributed by atoms with Crippen LogP contribution in [0.25, 0.3) is 0 Å². The average Bonchev–Trinajstić information content (AvgIpc) is 2.64. The van der Waals surface area contributed by atoms with Crippen LogP contribution in [-0.4, -0.2) is 33.8 Å². The second-order valence-corrected chi connectivity index (χ2v) is 4.11. The number of carbonyl (C=O) groups excluding carboxylic acids is 2. The maximum Gasteiger partial charge on any atom is 0.419 e. The number of rotatable bonds is 2. The van der Waals surface area contributed by atoms with Crippen LogP contribution in [0.4, 0.5) is 4.79 Å². The van der Waals surface area contributed by atoms with Crippen molar-refractivity contribution < 1.29 is 19.1 Å². The van der Waals surface area contributed by atoms with Crippen molar-refractivity contribution in [3.05, 3.63) is 18.7 Å². The van der Waals surface area contributed by atoms with Crippen LogP contribution in [0.5, 0.6) is 0 Å². The molecule has 1 heterocycles. The van der Waals surface area contributed by atoms with Gasteiger partial charge in [-0.2, -0.15) is 0 Å². The molecule has 0 radical (unpaired) electrons. The van der Waals surface area contributed by atoms with E-state index in [9.17, 15) is 9.59 Å². The van der Waals surface area contributed by atoms with Gasteiger partial charge in [0.2, 0.25) is 0 Å². The number of hydrogen-bond donors (Lipinski definition) is 0. The Morgan fingerprint density at radius 3 is 2.56 bits per heavy atom. The molecule has 6 heteroatoms. The fourth-order valence-corrected chi connectivity index (χ4v) is 0.933. The highest BCUT2D eigenvalue weighted by Gasteiger charge is 2.17. The molecule has 16 heavy (non-hydrogen) atoms. The van der Waals surface area contributed by atoms with Crippen LogP contribution >= 0.6 is 0 Å². The Morgan fingerprint density at radius 2 is 2.06 bits per heavy atom. The van der Waals surface area contributed by atoms with Gasteiger partial charge in [0, 0.05) is 12.4 Å². The minimum Gasteiger partial charge on any atom is -0.457 e. The summed E-state index contributed by atoms with van der Waals surface area (Å²) in [5.74, 6) is -0.582. The molecule has 0 aromatic carbocycles. The van der Waals surface area contributed by atoms with Crippen molar-refractivity contribution in [2.45, 2.75) is 26.4 Å². The largest absolute Gasteiger partial charge is 0.457 e. The Labute approximate surface area is 93.2 Å². The summed E-state index contributed by atoms with van der Waals surface area (Å²) >= 11 is 0. The Kier molecular flexibility index (Phi) is 3.65. The van der Waals surface area contributed by atoms with Gasteiger partial charge in [0.05, 0.1) is 0 Å². The number of imidazole rings is 1. The van der Waals surface area contributed by atoms with E-state index in [0.29, 0.717) is 0 Å². The maximum absolute atomic E-state index is 11.3. The third kappa shape index (κ3) is 4.12. The van der Waals surface area contributed by atoms with Crippen molar-refractivity contribution in [1.82, 2.24) is 9.55 Å². The summed E-state index contributed by atoms with van der Waals surface area (Å²) in [6, 6.07) is 0. The van der Waals surface area contributed by atoms with Crippen molar-refractivity contribution in [1.29, 1.82) is 0 Å². The molecular weight excluding hydrogens is 212 g/mol. The second kappa shape index (κ2) is 4.78. The lowest BCUT2D eigenvalue weighted by Gasteiger charge is -2.19. The van der Waals surface area contributed by atoms with Crippen LogP contribution in [0.15, 0.2) is 18.7 Å². The van der Waals surface area contributed by atoms with Crippen LogP contribution in [0.3, 0.4) is 0 Å². The molecule has 0 saturated carbocycles. The number of esters is 1. The molecule has 0 aliphatic heterocycles. The van der Waals surface area contributed by atoms with Crippen molar-refractivity contribution >= 4 is 12.1 Å². The quantitative estimate of drug-likeness (QED) is 0.709. The fraction of sp³-hybridized carbons (Fsp3) is 0.500. The zero-order valence-electron chi connectivity index (χ0n) is 9.47. The summed E-state index contributed by atoms with van der Waals surface area (Å²) in [5, 5.41) is 0. The smallest absolute Gasteiger partial charge is 0.419 e. The average molecular weight is 226 g/mol. The summed E-state index contributed by atoms with van der Waals surface area (Å²) in [6.07, 6.45) is 3.49. The normalized spacial score (nSPS) is 10.9. The SMILES string of the molecule is CC(C)(C)OC(=O)COC(=O)n1ccnc1. The molecular formula is C10H14N2O4. The first kappa shape index (κ1) is 12.2. The summed E-state index contributed by atoms with van der Waals surface area (Å²) in [6.45, 7) is 4.81. The monoisotopic (exact) mass is 226 g/mol. The summed E-state index contributed by atoms with van der Waals surface area (Å²) < 4.78 is 10.8. The highest BCUT2D eigenvalue weighted by molar-refractivity contribution is 5.76. The maximum atomic E-state index is 11.3. The lowest BCUT2D eigenvalue weighted by molar-refractivity contribution is -0.158. The lowest BCUT2D eigenvalue weighted by Crippen LogP contribution is -2.28. The van der Waals surface area contributed by atoms with E-state index in [2.05, 4.69) is 4.98 Å². The third-order valence-corrected chi connectivity index (χ3v) is 1.45. The molecule has 6 nitrogen and oxygen atoms in total.